The molecule has 0 aliphatic heterocycles. The van der Waals surface area contributed by atoms with Crippen LogP contribution in [0.15, 0.2) is 24.3 Å². The highest BCUT2D eigenvalue weighted by molar-refractivity contribution is 5.94. The lowest BCUT2D eigenvalue weighted by Crippen LogP contribution is -2.54. The highest BCUT2D eigenvalue weighted by atomic mass is 16.6. The van der Waals surface area contributed by atoms with Crippen LogP contribution in [-0.2, 0) is 25.5 Å². The van der Waals surface area contributed by atoms with Gasteiger partial charge in [0, 0.05) is 12.6 Å². The Morgan fingerprint density at radius 1 is 1.11 bits per heavy atom. The smallest absolute Gasteiger partial charge is 0.408 e. The van der Waals surface area contributed by atoms with E-state index in [0.717, 1.165) is 37.7 Å². The van der Waals surface area contributed by atoms with Gasteiger partial charge in [-0.2, -0.15) is 0 Å². The molecule has 2 rings (SSSR count). The van der Waals surface area contributed by atoms with Crippen molar-refractivity contribution < 1.29 is 23.9 Å². The van der Waals surface area contributed by atoms with E-state index in [2.05, 4.69) is 10.6 Å². The van der Waals surface area contributed by atoms with Crippen molar-refractivity contribution >= 4 is 23.8 Å². The molecule has 4 amide bonds. The van der Waals surface area contributed by atoms with Gasteiger partial charge in [-0.15, -0.1) is 0 Å². The molecule has 0 radical (unpaired) electrons. The minimum absolute atomic E-state index is 0.175. The highest BCUT2D eigenvalue weighted by Gasteiger charge is 2.44. The van der Waals surface area contributed by atoms with Crippen molar-refractivity contribution in [2.45, 2.75) is 96.9 Å². The standard InChI is InChI=1S/C26H40N4O5/c1-6-8-15-28-23(32)22(18-11-9-17(7-2)10-12-18)30(19-13-14-19)24(33)20(16-21(27)31)29-25(34)35-26(3,4)5/h9-12,19-20,22H,6-8,13-16H2,1-5H3,(H2,27,31)(H,28,32)(H,29,34). The first kappa shape index (κ1) is 28.1. The summed E-state index contributed by atoms with van der Waals surface area (Å²) in [4.78, 5) is 52.9. The Balaban J connectivity index is 2.41. The van der Waals surface area contributed by atoms with Crippen molar-refractivity contribution in [2.24, 2.45) is 5.73 Å². The van der Waals surface area contributed by atoms with Crippen LogP contribution < -0.4 is 16.4 Å². The van der Waals surface area contributed by atoms with E-state index in [9.17, 15) is 19.2 Å². The van der Waals surface area contributed by atoms with Gasteiger partial charge in [0.1, 0.15) is 17.7 Å². The Kier molecular flexibility index (Phi) is 10.1. The lowest BCUT2D eigenvalue weighted by Gasteiger charge is -2.34. The number of amides is 4. The molecule has 1 saturated carbocycles. The van der Waals surface area contributed by atoms with E-state index in [1.54, 1.807) is 20.8 Å². The van der Waals surface area contributed by atoms with Crippen LogP contribution >= 0.6 is 0 Å². The number of hydrogen-bond acceptors (Lipinski definition) is 5. The van der Waals surface area contributed by atoms with Crippen LogP contribution in [0.1, 0.15) is 83.9 Å². The lowest BCUT2D eigenvalue weighted by atomic mass is 9.99. The normalized spacial score (nSPS) is 15.0. The van der Waals surface area contributed by atoms with Gasteiger partial charge in [-0.1, -0.05) is 44.5 Å². The highest BCUT2D eigenvalue weighted by Crippen LogP contribution is 2.36. The van der Waals surface area contributed by atoms with Gasteiger partial charge in [-0.25, -0.2) is 4.79 Å². The second-order valence-electron chi connectivity index (χ2n) is 9.99. The van der Waals surface area contributed by atoms with E-state index >= 15 is 0 Å². The molecule has 0 aromatic heterocycles. The molecule has 0 heterocycles. The molecule has 0 saturated heterocycles. The number of aryl methyl sites for hydroxylation is 1. The quantitative estimate of drug-likeness (QED) is 0.389. The van der Waals surface area contributed by atoms with E-state index in [-0.39, 0.29) is 11.9 Å². The predicted octanol–water partition coefficient (Wildman–Crippen LogP) is 2.97. The molecule has 1 aliphatic rings. The Morgan fingerprint density at radius 3 is 2.23 bits per heavy atom. The molecule has 0 spiro atoms. The van der Waals surface area contributed by atoms with Crippen molar-refractivity contribution in [2.75, 3.05) is 6.54 Å². The third-order valence-corrected chi connectivity index (χ3v) is 5.65. The van der Waals surface area contributed by atoms with E-state index in [1.807, 2.05) is 38.1 Å². The Labute approximate surface area is 208 Å². The van der Waals surface area contributed by atoms with Crippen molar-refractivity contribution in [3.63, 3.8) is 0 Å². The summed E-state index contributed by atoms with van der Waals surface area (Å²) < 4.78 is 5.29. The number of rotatable bonds is 12. The predicted molar refractivity (Wildman–Crippen MR) is 133 cm³/mol. The first-order valence-corrected chi connectivity index (χ1v) is 12.4. The third kappa shape index (κ3) is 8.88. The second kappa shape index (κ2) is 12.6. The van der Waals surface area contributed by atoms with Crippen LogP contribution in [-0.4, -0.2) is 52.9 Å². The van der Waals surface area contributed by atoms with Crippen molar-refractivity contribution in [3.8, 4) is 0 Å². The molecule has 2 unspecified atom stereocenters. The van der Waals surface area contributed by atoms with Crippen LogP contribution in [0.4, 0.5) is 4.79 Å². The van der Waals surface area contributed by atoms with Gasteiger partial charge >= 0.3 is 6.09 Å². The minimum atomic E-state index is -1.25. The fourth-order valence-electron chi connectivity index (χ4n) is 3.76. The Bertz CT molecular complexity index is 890. The number of nitrogens with two attached hydrogens (primary N) is 1. The van der Waals surface area contributed by atoms with Gasteiger partial charge in [0.2, 0.25) is 17.7 Å². The molecular formula is C26H40N4O5. The third-order valence-electron chi connectivity index (χ3n) is 5.65. The zero-order valence-electron chi connectivity index (χ0n) is 21.6. The van der Waals surface area contributed by atoms with Crippen molar-refractivity contribution in [3.05, 3.63) is 35.4 Å². The molecule has 35 heavy (non-hydrogen) atoms. The number of ether oxygens (including phenoxy) is 1. The molecular weight excluding hydrogens is 448 g/mol. The number of unbranched alkanes of at least 4 members (excludes halogenated alkanes) is 1. The molecule has 2 atom stereocenters. The molecule has 1 aliphatic carbocycles. The van der Waals surface area contributed by atoms with Crippen LogP contribution in [0.2, 0.25) is 0 Å². The average molecular weight is 489 g/mol. The van der Waals surface area contributed by atoms with Gasteiger partial charge in [-0.3, -0.25) is 14.4 Å². The summed E-state index contributed by atoms with van der Waals surface area (Å²) in [6.07, 6.45) is 2.81. The number of nitrogens with zero attached hydrogens (tertiary/aromatic N) is 1. The Morgan fingerprint density at radius 2 is 1.74 bits per heavy atom. The SMILES string of the molecule is CCCCNC(=O)C(c1ccc(CC)cc1)N(C(=O)C(CC(N)=O)NC(=O)OC(C)(C)C)C1CC1. The first-order chi connectivity index (χ1) is 16.5. The average Bonchev–Trinajstić information content (AvgIpc) is 3.60. The number of hydrogen-bond donors (Lipinski definition) is 3. The van der Waals surface area contributed by atoms with Crippen LogP contribution in [0.25, 0.3) is 0 Å². The number of primary amides is 1. The molecule has 1 aromatic rings. The van der Waals surface area contributed by atoms with E-state index in [1.165, 1.54) is 4.90 Å². The fraction of sp³-hybridized carbons (Fsp3) is 0.615. The minimum Gasteiger partial charge on any atom is -0.444 e. The fourth-order valence-corrected chi connectivity index (χ4v) is 3.76. The largest absolute Gasteiger partial charge is 0.444 e. The second-order valence-corrected chi connectivity index (χ2v) is 9.99. The summed E-state index contributed by atoms with van der Waals surface area (Å²) in [7, 11) is 0. The molecule has 9 heteroatoms. The summed E-state index contributed by atoms with van der Waals surface area (Å²) in [5, 5.41) is 5.44. The van der Waals surface area contributed by atoms with E-state index in [4.69, 9.17) is 10.5 Å². The van der Waals surface area contributed by atoms with Gasteiger partial charge < -0.3 is 26.0 Å². The number of alkyl carbamates (subject to hydrolysis) is 1. The van der Waals surface area contributed by atoms with Crippen LogP contribution in [0, 0.1) is 0 Å². The number of carbonyl (C=O) groups excluding carboxylic acids is 4. The van der Waals surface area contributed by atoms with Crippen molar-refractivity contribution in [1.29, 1.82) is 0 Å². The van der Waals surface area contributed by atoms with Crippen molar-refractivity contribution in [1.82, 2.24) is 15.5 Å². The van der Waals surface area contributed by atoms with Gasteiger partial charge in [0.15, 0.2) is 0 Å². The molecule has 0 bridgehead atoms. The van der Waals surface area contributed by atoms with Gasteiger partial charge in [-0.05, 0) is 57.6 Å². The molecule has 194 valence electrons. The van der Waals surface area contributed by atoms with Crippen LogP contribution in [0.5, 0.6) is 0 Å². The topological polar surface area (TPSA) is 131 Å². The van der Waals surface area contributed by atoms with Gasteiger partial charge in [0.05, 0.1) is 6.42 Å². The molecule has 4 N–H and O–H groups in total. The van der Waals surface area contributed by atoms with Crippen LogP contribution in [0.3, 0.4) is 0 Å². The zero-order valence-corrected chi connectivity index (χ0v) is 21.6. The molecule has 1 aromatic carbocycles. The van der Waals surface area contributed by atoms with E-state index in [0.29, 0.717) is 12.1 Å². The maximum absolute atomic E-state index is 13.8. The lowest BCUT2D eigenvalue weighted by molar-refractivity contribution is -0.144. The summed E-state index contributed by atoms with van der Waals surface area (Å²) in [5.74, 6) is -1.57. The monoisotopic (exact) mass is 488 g/mol. The number of benzene rings is 1. The molecule has 1 fully saturated rings. The first-order valence-electron chi connectivity index (χ1n) is 12.4. The zero-order chi connectivity index (χ0) is 26.2. The summed E-state index contributed by atoms with van der Waals surface area (Å²) in [5.41, 5.74) is 6.40. The maximum atomic E-state index is 13.8. The van der Waals surface area contributed by atoms with Gasteiger partial charge in [0.25, 0.3) is 0 Å². The summed E-state index contributed by atoms with van der Waals surface area (Å²) in [6.45, 7) is 9.66. The molecule has 9 nitrogen and oxygen atoms in total. The number of carbonyl (C=O) groups is 4. The number of nitrogens with one attached hydrogen (secondary N) is 2. The maximum Gasteiger partial charge on any atom is 0.408 e. The Hall–Kier alpha value is -3.10. The summed E-state index contributed by atoms with van der Waals surface area (Å²) >= 11 is 0. The van der Waals surface area contributed by atoms with E-state index < -0.39 is 42.0 Å². The summed E-state index contributed by atoms with van der Waals surface area (Å²) in [6, 6.07) is 5.28.